The third-order valence-corrected chi connectivity index (χ3v) is 5.78. The van der Waals surface area contributed by atoms with E-state index in [9.17, 15) is 14.4 Å². The first-order valence-electron chi connectivity index (χ1n) is 8.96. The summed E-state index contributed by atoms with van der Waals surface area (Å²) in [5.74, 6) is -0.291. The number of amides is 4. The van der Waals surface area contributed by atoms with Gasteiger partial charge in [0.05, 0.1) is 0 Å². The largest absolute Gasteiger partial charge is 0.338 e. The Balaban J connectivity index is 1.76. The lowest BCUT2D eigenvalue weighted by molar-refractivity contribution is -0.145. The number of hydrogen-bond donors (Lipinski definition) is 1. The van der Waals surface area contributed by atoms with Crippen molar-refractivity contribution in [3.8, 4) is 0 Å². The molecule has 3 fully saturated rings. The van der Waals surface area contributed by atoms with Crippen molar-refractivity contribution in [1.82, 2.24) is 15.1 Å². The number of carbonyl (C=O) groups is 3. The van der Waals surface area contributed by atoms with Crippen LogP contribution in [-0.2, 0) is 9.59 Å². The minimum atomic E-state index is -0.738. The molecule has 3 rings (SSSR count). The van der Waals surface area contributed by atoms with E-state index in [1.807, 2.05) is 4.90 Å². The van der Waals surface area contributed by atoms with Crippen molar-refractivity contribution in [2.75, 3.05) is 6.54 Å². The van der Waals surface area contributed by atoms with Crippen LogP contribution in [0, 0.1) is 0 Å². The van der Waals surface area contributed by atoms with Crippen molar-refractivity contribution >= 4 is 17.8 Å². The first kappa shape index (κ1) is 16.3. The maximum Gasteiger partial charge on any atom is 0.325 e. The maximum absolute atomic E-state index is 12.9. The summed E-state index contributed by atoms with van der Waals surface area (Å²) >= 11 is 0. The monoisotopic (exact) mass is 321 g/mol. The van der Waals surface area contributed by atoms with Crippen LogP contribution in [0.5, 0.6) is 0 Å². The van der Waals surface area contributed by atoms with Crippen molar-refractivity contribution < 1.29 is 14.4 Å². The molecule has 128 valence electrons. The molecule has 1 N–H and O–H groups in total. The molecule has 6 heteroatoms. The van der Waals surface area contributed by atoms with Crippen LogP contribution in [0.15, 0.2) is 0 Å². The number of imide groups is 1. The number of urea groups is 1. The Morgan fingerprint density at radius 3 is 2.61 bits per heavy atom. The van der Waals surface area contributed by atoms with Crippen molar-refractivity contribution in [2.45, 2.75) is 82.8 Å². The van der Waals surface area contributed by atoms with Gasteiger partial charge in [0, 0.05) is 12.6 Å². The molecule has 4 amide bonds. The predicted octanol–water partition coefficient (Wildman–Crippen LogP) is 2.03. The molecule has 23 heavy (non-hydrogen) atoms. The second-order valence-corrected chi connectivity index (χ2v) is 7.16. The molecule has 2 aliphatic heterocycles. The van der Waals surface area contributed by atoms with Crippen LogP contribution in [-0.4, -0.2) is 51.8 Å². The highest BCUT2D eigenvalue weighted by molar-refractivity contribution is 6.10. The van der Waals surface area contributed by atoms with Crippen LogP contribution < -0.4 is 5.32 Å². The number of carbonyl (C=O) groups excluding carboxylic acids is 3. The molecule has 2 atom stereocenters. The molecule has 2 heterocycles. The van der Waals surface area contributed by atoms with Gasteiger partial charge < -0.3 is 10.2 Å². The normalized spacial score (nSPS) is 28.3. The summed E-state index contributed by atoms with van der Waals surface area (Å²) in [4.78, 5) is 41.1. The van der Waals surface area contributed by atoms with Gasteiger partial charge in [-0.3, -0.25) is 9.59 Å². The highest BCUT2D eigenvalue weighted by Gasteiger charge is 2.55. The zero-order chi connectivity index (χ0) is 16.6. The van der Waals surface area contributed by atoms with E-state index in [0.717, 1.165) is 45.1 Å². The van der Waals surface area contributed by atoms with E-state index in [0.29, 0.717) is 12.8 Å². The molecule has 3 aliphatic rings. The SMILES string of the molecule is CCC1CCCCN1C(=O)C(C)N1C(=O)NC2(CCCC2)C1=O. The molecule has 1 saturated carbocycles. The lowest BCUT2D eigenvalue weighted by Gasteiger charge is -2.38. The minimum Gasteiger partial charge on any atom is -0.338 e. The number of likely N-dealkylation sites (tertiary alicyclic amines) is 1. The summed E-state index contributed by atoms with van der Waals surface area (Å²) in [5.41, 5.74) is -0.738. The highest BCUT2D eigenvalue weighted by atomic mass is 16.2. The number of nitrogens with zero attached hydrogens (tertiary/aromatic N) is 2. The third kappa shape index (κ3) is 2.62. The van der Waals surface area contributed by atoms with Gasteiger partial charge in [-0.15, -0.1) is 0 Å². The molecule has 0 bridgehead atoms. The quantitative estimate of drug-likeness (QED) is 0.809. The number of rotatable bonds is 3. The summed E-state index contributed by atoms with van der Waals surface area (Å²) < 4.78 is 0. The Morgan fingerprint density at radius 1 is 1.26 bits per heavy atom. The molecule has 2 saturated heterocycles. The Morgan fingerprint density at radius 2 is 1.96 bits per heavy atom. The molecule has 1 aliphatic carbocycles. The van der Waals surface area contributed by atoms with E-state index in [4.69, 9.17) is 0 Å². The van der Waals surface area contributed by atoms with E-state index in [-0.39, 0.29) is 17.9 Å². The smallest absolute Gasteiger partial charge is 0.325 e. The summed E-state index contributed by atoms with van der Waals surface area (Å²) in [5, 5.41) is 2.86. The maximum atomic E-state index is 12.9. The van der Waals surface area contributed by atoms with Gasteiger partial charge in [-0.1, -0.05) is 19.8 Å². The second-order valence-electron chi connectivity index (χ2n) is 7.16. The van der Waals surface area contributed by atoms with Crippen molar-refractivity contribution in [3.05, 3.63) is 0 Å². The van der Waals surface area contributed by atoms with Crippen LogP contribution in [0.4, 0.5) is 4.79 Å². The molecule has 0 radical (unpaired) electrons. The molecule has 0 aromatic carbocycles. The van der Waals surface area contributed by atoms with Crippen LogP contribution in [0.1, 0.15) is 65.2 Å². The second kappa shape index (κ2) is 6.13. The van der Waals surface area contributed by atoms with E-state index in [1.54, 1.807) is 6.92 Å². The van der Waals surface area contributed by atoms with Gasteiger partial charge in [0.1, 0.15) is 11.6 Å². The molecule has 6 nitrogen and oxygen atoms in total. The number of piperidine rings is 1. The van der Waals surface area contributed by atoms with Gasteiger partial charge >= 0.3 is 6.03 Å². The number of nitrogens with one attached hydrogen (secondary N) is 1. The topological polar surface area (TPSA) is 69.7 Å². The molecule has 1 spiro atoms. The van der Waals surface area contributed by atoms with E-state index in [2.05, 4.69) is 12.2 Å². The Kier molecular flexibility index (Phi) is 4.34. The molecule has 2 unspecified atom stereocenters. The standard InChI is InChI=1S/C17H27N3O3/c1-3-13-8-4-7-11-19(13)14(21)12(2)20-15(22)17(18-16(20)23)9-5-6-10-17/h12-13H,3-11H2,1-2H3,(H,18,23). The van der Waals surface area contributed by atoms with Crippen molar-refractivity contribution in [1.29, 1.82) is 0 Å². The lowest BCUT2D eigenvalue weighted by Crippen LogP contribution is -2.54. The van der Waals surface area contributed by atoms with Crippen LogP contribution in [0.25, 0.3) is 0 Å². The van der Waals surface area contributed by atoms with Gasteiger partial charge in [0.15, 0.2) is 0 Å². The van der Waals surface area contributed by atoms with Gasteiger partial charge in [-0.2, -0.15) is 0 Å². The minimum absolute atomic E-state index is 0.0879. The third-order valence-electron chi connectivity index (χ3n) is 5.78. The first-order chi connectivity index (χ1) is 11.0. The van der Waals surface area contributed by atoms with Crippen LogP contribution >= 0.6 is 0 Å². The van der Waals surface area contributed by atoms with E-state index < -0.39 is 17.6 Å². The van der Waals surface area contributed by atoms with Crippen LogP contribution in [0.3, 0.4) is 0 Å². The average molecular weight is 321 g/mol. The molecule has 0 aromatic rings. The molecular formula is C17H27N3O3. The summed E-state index contributed by atoms with van der Waals surface area (Å²) in [6.45, 7) is 4.51. The Hall–Kier alpha value is -1.59. The molecular weight excluding hydrogens is 294 g/mol. The molecule has 0 aromatic heterocycles. The highest BCUT2D eigenvalue weighted by Crippen LogP contribution is 2.36. The van der Waals surface area contributed by atoms with Gasteiger partial charge in [-0.25, -0.2) is 9.69 Å². The van der Waals surface area contributed by atoms with Crippen molar-refractivity contribution in [2.24, 2.45) is 0 Å². The first-order valence-corrected chi connectivity index (χ1v) is 8.96. The summed E-state index contributed by atoms with van der Waals surface area (Å²) in [6, 6.07) is -0.877. The van der Waals surface area contributed by atoms with E-state index >= 15 is 0 Å². The zero-order valence-electron chi connectivity index (χ0n) is 14.1. The zero-order valence-corrected chi connectivity index (χ0v) is 14.1. The fourth-order valence-corrected chi connectivity index (χ4v) is 4.38. The Labute approximate surface area is 137 Å². The Bertz CT molecular complexity index is 513. The van der Waals surface area contributed by atoms with Gasteiger partial charge in [0.25, 0.3) is 5.91 Å². The van der Waals surface area contributed by atoms with E-state index in [1.165, 1.54) is 4.90 Å². The predicted molar refractivity (Wildman–Crippen MR) is 85.7 cm³/mol. The van der Waals surface area contributed by atoms with Crippen LogP contribution in [0.2, 0.25) is 0 Å². The summed E-state index contributed by atoms with van der Waals surface area (Å²) in [6.07, 6.45) is 7.36. The van der Waals surface area contributed by atoms with Crippen molar-refractivity contribution in [3.63, 3.8) is 0 Å². The average Bonchev–Trinajstić information content (AvgIpc) is 3.12. The van der Waals surface area contributed by atoms with Gasteiger partial charge in [0.2, 0.25) is 5.91 Å². The lowest BCUT2D eigenvalue weighted by atomic mass is 9.97. The summed E-state index contributed by atoms with van der Waals surface area (Å²) in [7, 11) is 0. The fourth-order valence-electron chi connectivity index (χ4n) is 4.38. The number of hydrogen-bond acceptors (Lipinski definition) is 3. The fraction of sp³-hybridized carbons (Fsp3) is 0.824. The van der Waals surface area contributed by atoms with Gasteiger partial charge in [-0.05, 0) is 45.4 Å².